The molecule has 0 N–H and O–H groups in total. The van der Waals surface area contributed by atoms with Gasteiger partial charge in [0, 0.05) is 0 Å². The van der Waals surface area contributed by atoms with Crippen molar-refractivity contribution in [3.8, 4) is 0 Å². The summed E-state index contributed by atoms with van der Waals surface area (Å²) in [4.78, 5) is 11.9. The summed E-state index contributed by atoms with van der Waals surface area (Å²) in [5.74, 6) is -1.78. The average Bonchev–Trinajstić information content (AvgIpc) is 3.10. The maximum Gasteiger partial charge on any atom is 0.416 e. The second kappa shape index (κ2) is 5.56. The lowest BCUT2D eigenvalue weighted by Crippen LogP contribution is -2.26. The fourth-order valence-electron chi connectivity index (χ4n) is 2.39. The van der Waals surface area contributed by atoms with Gasteiger partial charge < -0.3 is 4.74 Å². The number of alkyl halides is 3. The molecule has 22 heavy (non-hydrogen) atoms. The largest absolute Gasteiger partial charge is 0.460 e. The summed E-state index contributed by atoms with van der Waals surface area (Å²) in [5, 5.41) is 0. The van der Waals surface area contributed by atoms with Crippen molar-refractivity contribution in [1.82, 2.24) is 0 Å². The molecule has 6 heteroatoms. The molecule has 1 aliphatic carbocycles. The van der Waals surface area contributed by atoms with Crippen LogP contribution >= 0.6 is 0 Å². The van der Waals surface area contributed by atoms with E-state index in [1.807, 2.05) is 0 Å². The molecule has 0 unspecified atom stereocenters. The van der Waals surface area contributed by atoms with Crippen LogP contribution in [0.4, 0.5) is 17.6 Å². The van der Waals surface area contributed by atoms with Crippen LogP contribution in [0.25, 0.3) is 0 Å². The number of hydrogen-bond acceptors (Lipinski definition) is 2. The number of carbonyl (C=O) groups is 1. The Morgan fingerprint density at radius 1 is 1.23 bits per heavy atom. The molecule has 0 atom stereocenters. The molecule has 1 aromatic carbocycles. The summed E-state index contributed by atoms with van der Waals surface area (Å²) in [6, 6.07) is 1.55. The number of rotatable bonds is 3. The van der Waals surface area contributed by atoms with Gasteiger partial charge in [0.25, 0.3) is 0 Å². The quantitative estimate of drug-likeness (QED) is 0.601. The van der Waals surface area contributed by atoms with Crippen LogP contribution in [0.5, 0.6) is 0 Å². The predicted octanol–water partition coefficient (Wildman–Crippen LogP) is 4.61. The molecule has 2 nitrogen and oxygen atoms in total. The van der Waals surface area contributed by atoms with E-state index in [1.54, 1.807) is 20.8 Å². The maximum atomic E-state index is 13.5. The molecular weight excluding hydrogens is 300 g/mol. The molecule has 0 radical (unpaired) electrons. The van der Waals surface area contributed by atoms with Crippen molar-refractivity contribution in [2.45, 2.75) is 57.7 Å². The molecule has 1 fully saturated rings. The van der Waals surface area contributed by atoms with E-state index in [1.165, 1.54) is 0 Å². The van der Waals surface area contributed by atoms with Gasteiger partial charge in [-0.2, -0.15) is 13.2 Å². The van der Waals surface area contributed by atoms with E-state index in [0.29, 0.717) is 18.9 Å². The SMILES string of the molecule is CC(C)(C)OC(=O)Cc1c(C2CC2)cc(F)cc1C(F)(F)F. The number of ether oxygens (including phenoxy) is 1. The van der Waals surface area contributed by atoms with E-state index in [4.69, 9.17) is 4.74 Å². The van der Waals surface area contributed by atoms with E-state index in [2.05, 4.69) is 0 Å². The van der Waals surface area contributed by atoms with Gasteiger partial charge in [-0.3, -0.25) is 4.79 Å². The van der Waals surface area contributed by atoms with E-state index < -0.39 is 35.5 Å². The molecular formula is C16H18F4O2. The van der Waals surface area contributed by atoms with Crippen LogP contribution in [0, 0.1) is 5.82 Å². The number of esters is 1. The molecule has 1 saturated carbocycles. The highest BCUT2D eigenvalue weighted by molar-refractivity contribution is 5.74. The maximum absolute atomic E-state index is 13.5. The van der Waals surface area contributed by atoms with Gasteiger partial charge in [-0.25, -0.2) is 4.39 Å². The van der Waals surface area contributed by atoms with Crippen LogP contribution in [-0.4, -0.2) is 11.6 Å². The topological polar surface area (TPSA) is 26.3 Å². The molecule has 2 rings (SSSR count). The summed E-state index contributed by atoms with van der Waals surface area (Å²) >= 11 is 0. The molecule has 1 aromatic rings. The first-order valence-corrected chi connectivity index (χ1v) is 7.09. The zero-order chi connectivity index (χ0) is 16.7. The second-order valence-corrected chi connectivity index (χ2v) is 6.56. The minimum absolute atomic E-state index is 0.103. The molecule has 0 heterocycles. The van der Waals surface area contributed by atoms with Crippen LogP contribution < -0.4 is 0 Å². The lowest BCUT2D eigenvalue weighted by atomic mass is 9.94. The van der Waals surface area contributed by atoms with E-state index >= 15 is 0 Å². The van der Waals surface area contributed by atoms with Crippen molar-refractivity contribution in [2.24, 2.45) is 0 Å². The highest BCUT2D eigenvalue weighted by Crippen LogP contribution is 2.45. The zero-order valence-corrected chi connectivity index (χ0v) is 12.7. The Bertz CT molecular complexity index is 581. The minimum Gasteiger partial charge on any atom is -0.460 e. The van der Waals surface area contributed by atoms with Gasteiger partial charge in [-0.1, -0.05) is 0 Å². The van der Waals surface area contributed by atoms with E-state index in [0.717, 1.165) is 6.07 Å². The standard InChI is InChI=1S/C16H18F4O2/c1-15(2,3)22-14(21)8-12-11(9-4-5-9)6-10(17)7-13(12)16(18,19)20/h6-7,9H,4-5,8H2,1-3H3. The Kier molecular flexibility index (Phi) is 4.24. The van der Waals surface area contributed by atoms with Crippen molar-refractivity contribution in [1.29, 1.82) is 0 Å². The lowest BCUT2D eigenvalue weighted by molar-refractivity contribution is -0.154. The Hall–Kier alpha value is -1.59. The predicted molar refractivity (Wildman–Crippen MR) is 72.9 cm³/mol. The van der Waals surface area contributed by atoms with Crippen molar-refractivity contribution < 1.29 is 27.1 Å². The van der Waals surface area contributed by atoms with Crippen LogP contribution in [-0.2, 0) is 22.1 Å². The Morgan fingerprint density at radius 3 is 2.27 bits per heavy atom. The smallest absolute Gasteiger partial charge is 0.416 e. The van der Waals surface area contributed by atoms with Crippen molar-refractivity contribution in [3.05, 3.63) is 34.6 Å². The van der Waals surface area contributed by atoms with Crippen molar-refractivity contribution in [3.63, 3.8) is 0 Å². The summed E-state index contributed by atoms with van der Waals surface area (Å²) in [6.45, 7) is 4.92. The third-order valence-corrected chi connectivity index (χ3v) is 3.31. The molecule has 122 valence electrons. The third kappa shape index (κ3) is 4.21. The highest BCUT2D eigenvalue weighted by atomic mass is 19.4. The van der Waals surface area contributed by atoms with Gasteiger partial charge in [-0.15, -0.1) is 0 Å². The second-order valence-electron chi connectivity index (χ2n) is 6.56. The molecule has 0 aliphatic heterocycles. The molecule has 0 saturated heterocycles. The Balaban J connectivity index is 2.41. The highest BCUT2D eigenvalue weighted by Gasteiger charge is 2.38. The van der Waals surface area contributed by atoms with Gasteiger partial charge in [-0.05, 0) is 62.8 Å². The first-order valence-electron chi connectivity index (χ1n) is 7.09. The van der Waals surface area contributed by atoms with Crippen LogP contribution in [0.2, 0.25) is 0 Å². The van der Waals surface area contributed by atoms with Gasteiger partial charge in [0.2, 0.25) is 0 Å². The van der Waals surface area contributed by atoms with Gasteiger partial charge in [0.15, 0.2) is 0 Å². The summed E-state index contributed by atoms with van der Waals surface area (Å²) in [5.41, 5.74) is -1.75. The van der Waals surface area contributed by atoms with Gasteiger partial charge in [0.05, 0.1) is 12.0 Å². The first kappa shape index (κ1) is 16.8. The van der Waals surface area contributed by atoms with Gasteiger partial charge >= 0.3 is 12.1 Å². The number of carbonyl (C=O) groups excluding carboxylic acids is 1. The Morgan fingerprint density at radius 2 is 1.82 bits per heavy atom. The van der Waals surface area contributed by atoms with Crippen LogP contribution in [0.3, 0.4) is 0 Å². The Labute approximate surface area is 126 Å². The van der Waals surface area contributed by atoms with E-state index in [9.17, 15) is 22.4 Å². The zero-order valence-electron chi connectivity index (χ0n) is 12.7. The molecule has 0 bridgehead atoms. The van der Waals surface area contributed by atoms with Crippen LogP contribution in [0.1, 0.15) is 56.2 Å². The molecule has 1 aliphatic rings. The van der Waals surface area contributed by atoms with Crippen molar-refractivity contribution >= 4 is 5.97 Å². The number of benzene rings is 1. The number of halogens is 4. The summed E-state index contributed by atoms with van der Waals surface area (Å²) < 4.78 is 58.1. The number of hydrogen-bond donors (Lipinski definition) is 0. The third-order valence-electron chi connectivity index (χ3n) is 3.31. The average molecular weight is 318 g/mol. The fraction of sp³-hybridized carbons (Fsp3) is 0.562. The molecule has 0 aromatic heterocycles. The summed E-state index contributed by atoms with van der Waals surface area (Å²) in [6.07, 6.45) is -3.79. The summed E-state index contributed by atoms with van der Waals surface area (Å²) in [7, 11) is 0. The van der Waals surface area contributed by atoms with Crippen molar-refractivity contribution in [2.75, 3.05) is 0 Å². The fourth-order valence-corrected chi connectivity index (χ4v) is 2.39. The first-order chi connectivity index (χ1) is 9.97. The molecule has 0 amide bonds. The minimum atomic E-state index is -4.71. The van der Waals surface area contributed by atoms with E-state index in [-0.39, 0.29) is 17.0 Å². The van der Waals surface area contributed by atoms with Gasteiger partial charge in [0.1, 0.15) is 11.4 Å². The van der Waals surface area contributed by atoms with Crippen LogP contribution in [0.15, 0.2) is 12.1 Å². The normalized spacial score (nSPS) is 15.8. The monoisotopic (exact) mass is 318 g/mol. The lowest BCUT2D eigenvalue weighted by Gasteiger charge is -2.21. The molecule has 0 spiro atoms.